The van der Waals surface area contributed by atoms with Crippen LogP contribution in [0.1, 0.15) is 93.4 Å². The first-order chi connectivity index (χ1) is 18.7. The number of anilines is 1. The summed E-state index contributed by atoms with van der Waals surface area (Å²) in [5, 5.41) is 8.30. The molecule has 39 heavy (non-hydrogen) atoms. The van der Waals surface area contributed by atoms with E-state index in [4.69, 9.17) is 9.47 Å². The Labute approximate surface area is 231 Å². The van der Waals surface area contributed by atoms with Crippen molar-refractivity contribution in [2.75, 3.05) is 18.5 Å². The second kappa shape index (κ2) is 12.2. The number of hydrogen-bond acceptors (Lipinski definition) is 6. The third kappa shape index (κ3) is 6.25. The molecule has 1 atom stereocenters. The zero-order valence-electron chi connectivity index (χ0n) is 23.8. The van der Waals surface area contributed by atoms with Crippen molar-refractivity contribution in [2.24, 2.45) is 0 Å². The number of Topliss-reactive ketones (excluding diaryl/α,β-unsaturated/α-hetero) is 1. The molecular formula is C32H41N3O4. The van der Waals surface area contributed by atoms with Crippen LogP contribution in [0.15, 0.2) is 60.8 Å². The Balaban J connectivity index is 1.52. The van der Waals surface area contributed by atoms with Crippen molar-refractivity contribution in [1.29, 1.82) is 0 Å². The molecule has 1 aromatic heterocycles. The molecule has 0 bridgehead atoms. The van der Waals surface area contributed by atoms with Crippen LogP contribution in [-0.2, 0) is 31.8 Å². The monoisotopic (exact) mass is 531 g/mol. The van der Waals surface area contributed by atoms with Gasteiger partial charge in [0.05, 0.1) is 36.6 Å². The van der Waals surface area contributed by atoms with Crippen molar-refractivity contribution in [2.45, 2.75) is 83.9 Å². The fraction of sp³-hybridized carbons (Fsp3) is 0.469. The third-order valence-corrected chi connectivity index (χ3v) is 8.07. The number of nitrogens with zero attached hydrogens (tertiary/aromatic N) is 2. The molecule has 0 radical (unpaired) electrons. The number of ether oxygens (including phenoxy) is 2. The number of nitrogens with one attached hydrogen (secondary N) is 1. The largest absolute Gasteiger partial charge is 0.464 e. The van der Waals surface area contributed by atoms with Crippen LogP contribution in [0.5, 0.6) is 0 Å². The Hall–Kier alpha value is -3.45. The number of hydrogen-bond donors (Lipinski definition) is 1. The molecule has 7 nitrogen and oxygen atoms in total. The zero-order valence-corrected chi connectivity index (χ0v) is 23.8. The van der Waals surface area contributed by atoms with Crippen LogP contribution in [0, 0.1) is 0 Å². The summed E-state index contributed by atoms with van der Waals surface area (Å²) in [5.41, 5.74) is 3.45. The Morgan fingerprint density at radius 2 is 1.74 bits per heavy atom. The van der Waals surface area contributed by atoms with Crippen LogP contribution in [0.4, 0.5) is 5.82 Å². The molecule has 2 heterocycles. The van der Waals surface area contributed by atoms with Gasteiger partial charge >= 0.3 is 5.97 Å². The highest BCUT2D eigenvalue weighted by Crippen LogP contribution is 2.42. The van der Waals surface area contributed by atoms with E-state index in [1.165, 1.54) is 5.56 Å². The summed E-state index contributed by atoms with van der Waals surface area (Å²) in [6, 6.07) is 18.7. The molecule has 3 aromatic rings. The number of ketones is 1. The van der Waals surface area contributed by atoms with Crippen LogP contribution in [0.25, 0.3) is 0 Å². The molecule has 1 aliphatic heterocycles. The van der Waals surface area contributed by atoms with Gasteiger partial charge in [-0.3, -0.25) is 4.79 Å². The van der Waals surface area contributed by atoms with Gasteiger partial charge in [0.25, 0.3) is 0 Å². The molecule has 208 valence electrons. The molecule has 2 aromatic carbocycles. The number of rotatable bonds is 12. The van der Waals surface area contributed by atoms with E-state index in [1.54, 1.807) is 13.1 Å². The van der Waals surface area contributed by atoms with Crippen LogP contribution in [0.2, 0.25) is 0 Å². The molecule has 1 unspecified atom stereocenters. The van der Waals surface area contributed by atoms with E-state index in [-0.39, 0.29) is 35.4 Å². The average molecular weight is 532 g/mol. The SMILES string of the molecule is CCOC(=O)COCc1ccc(C(CC)(CC)CC(=O)c2cnn3c2NC(c2ccccc2)CC3(C)C)cc1. The lowest BCUT2D eigenvalue weighted by Crippen LogP contribution is -2.38. The van der Waals surface area contributed by atoms with Gasteiger partial charge in [-0.1, -0.05) is 68.4 Å². The van der Waals surface area contributed by atoms with Crippen LogP contribution >= 0.6 is 0 Å². The summed E-state index contributed by atoms with van der Waals surface area (Å²) in [5.74, 6) is 0.540. The highest BCUT2D eigenvalue weighted by molar-refractivity contribution is 6.01. The van der Waals surface area contributed by atoms with Gasteiger partial charge < -0.3 is 14.8 Å². The molecule has 7 heteroatoms. The fourth-order valence-corrected chi connectivity index (χ4v) is 5.66. The van der Waals surface area contributed by atoms with Crippen LogP contribution in [-0.4, -0.2) is 34.7 Å². The molecule has 0 spiro atoms. The van der Waals surface area contributed by atoms with Crippen LogP contribution < -0.4 is 5.32 Å². The Bertz CT molecular complexity index is 1260. The first kappa shape index (κ1) is 28.6. The minimum atomic E-state index is -0.362. The molecule has 1 N–H and O–H groups in total. The van der Waals surface area contributed by atoms with Gasteiger partial charge in [-0.2, -0.15) is 5.10 Å². The smallest absolute Gasteiger partial charge is 0.332 e. The predicted molar refractivity (Wildman–Crippen MR) is 153 cm³/mol. The Kier molecular flexibility index (Phi) is 8.90. The number of esters is 1. The van der Waals surface area contributed by atoms with Gasteiger partial charge in [0, 0.05) is 11.8 Å². The maximum Gasteiger partial charge on any atom is 0.332 e. The van der Waals surface area contributed by atoms with Crippen molar-refractivity contribution >= 4 is 17.6 Å². The van der Waals surface area contributed by atoms with Crippen molar-refractivity contribution in [3.8, 4) is 0 Å². The quantitative estimate of drug-likeness (QED) is 0.210. The highest BCUT2D eigenvalue weighted by Gasteiger charge is 2.38. The lowest BCUT2D eigenvalue weighted by Gasteiger charge is -2.38. The van der Waals surface area contributed by atoms with E-state index in [9.17, 15) is 9.59 Å². The van der Waals surface area contributed by atoms with E-state index >= 15 is 0 Å². The van der Waals surface area contributed by atoms with Gasteiger partial charge in [-0.15, -0.1) is 0 Å². The minimum absolute atomic E-state index is 0.0655. The lowest BCUT2D eigenvalue weighted by molar-refractivity contribution is -0.148. The molecule has 0 amide bonds. The van der Waals surface area contributed by atoms with E-state index < -0.39 is 0 Å². The van der Waals surface area contributed by atoms with Gasteiger partial charge in [0.2, 0.25) is 0 Å². The van der Waals surface area contributed by atoms with Gasteiger partial charge in [0.1, 0.15) is 12.4 Å². The number of carbonyl (C=O) groups excluding carboxylic acids is 2. The standard InChI is InChI=1S/C32H41N3O4/c1-6-32(7-2,25-16-14-23(15-17-25)21-38-22-29(37)39-8-3)19-28(36)26-20-33-35-30(26)34-27(18-31(35,4)5)24-12-10-9-11-13-24/h9-17,20,27,34H,6-8,18-19,21-22H2,1-5H3. The predicted octanol–water partition coefficient (Wildman–Crippen LogP) is 6.59. The van der Waals surface area contributed by atoms with E-state index in [2.05, 4.69) is 74.5 Å². The number of aromatic nitrogens is 2. The first-order valence-corrected chi connectivity index (χ1v) is 14.0. The summed E-state index contributed by atoms with van der Waals surface area (Å²) in [6.07, 6.45) is 4.68. The summed E-state index contributed by atoms with van der Waals surface area (Å²) in [4.78, 5) is 25.4. The van der Waals surface area contributed by atoms with Crippen LogP contribution in [0.3, 0.4) is 0 Å². The summed E-state index contributed by atoms with van der Waals surface area (Å²) < 4.78 is 12.4. The summed E-state index contributed by atoms with van der Waals surface area (Å²) >= 11 is 0. The van der Waals surface area contributed by atoms with Crippen molar-refractivity contribution in [1.82, 2.24) is 9.78 Å². The van der Waals surface area contributed by atoms with Crippen molar-refractivity contribution in [3.63, 3.8) is 0 Å². The lowest BCUT2D eigenvalue weighted by atomic mass is 9.71. The van der Waals surface area contributed by atoms with Gasteiger partial charge in [-0.05, 0) is 56.7 Å². The molecular weight excluding hydrogens is 490 g/mol. The normalized spacial score (nSPS) is 16.3. The number of carbonyl (C=O) groups is 2. The summed E-state index contributed by atoms with van der Waals surface area (Å²) in [6.45, 7) is 11.0. The van der Waals surface area contributed by atoms with E-state index in [1.807, 2.05) is 22.9 Å². The number of benzene rings is 2. The summed E-state index contributed by atoms with van der Waals surface area (Å²) in [7, 11) is 0. The molecule has 4 rings (SSSR count). The van der Waals surface area contributed by atoms with Gasteiger partial charge in [-0.25, -0.2) is 9.48 Å². The minimum Gasteiger partial charge on any atom is -0.464 e. The second-order valence-electron chi connectivity index (χ2n) is 11.0. The Morgan fingerprint density at radius 3 is 2.38 bits per heavy atom. The topological polar surface area (TPSA) is 82.5 Å². The van der Waals surface area contributed by atoms with Crippen molar-refractivity contribution in [3.05, 3.63) is 83.0 Å². The van der Waals surface area contributed by atoms with E-state index in [0.29, 0.717) is 25.2 Å². The third-order valence-electron chi connectivity index (χ3n) is 8.07. The number of fused-ring (bicyclic) bond motifs is 1. The fourth-order valence-electron chi connectivity index (χ4n) is 5.66. The van der Waals surface area contributed by atoms with Gasteiger partial charge in [0.15, 0.2) is 5.78 Å². The Morgan fingerprint density at radius 1 is 1.05 bits per heavy atom. The second-order valence-corrected chi connectivity index (χ2v) is 11.0. The average Bonchev–Trinajstić information content (AvgIpc) is 3.38. The van der Waals surface area contributed by atoms with Crippen molar-refractivity contribution < 1.29 is 19.1 Å². The molecule has 0 aliphatic carbocycles. The highest BCUT2D eigenvalue weighted by atomic mass is 16.6. The molecule has 0 fully saturated rings. The first-order valence-electron chi connectivity index (χ1n) is 14.0. The maximum absolute atomic E-state index is 13.9. The zero-order chi connectivity index (χ0) is 28.0. The molecule has 0 saturated carbocycles. The maximum atomic E-state index is 13.9. The van der Waals surface area contributed by atoms with E-state index in [0.717, 1.165) is 36.2 Å². The molecule has 1 aliphatic rings. The molecule has 0 saturated heterocycles.